The lowest BCUT2D eigenvalue weighted by atomic mass is 10.1. The molecule has 0 fully saturated rings. The van der Waals surface area contributed by atoms with E-state index < -0.39 is 15.7 Å². The molecule has 0 aliphatic rings. The summed E-state index contributed by atoms with van der Waals surface area (Å²) in [6, 6.07) is 10.8. The van der Waals surface area contributed by atoms with Crippen LogP contribution in [0.5, 0.6) is 0 Å². The number of pyridine rings is 1. The van der Waals surface area contributed by atoms with Crippen LogP contribution in [0.15, 0.2) is 55.0 Å². The number of nitrogens with zero attached hydrogens (tertiary/aromatic N) is 4. The minimum atomic E-state index is -3.05. The molecule has 0 amide bonds. The van der Waals surface area contributed by atoms with Crippen molar-refractivity contribution in [3.05, 3.63) is 77.5 Å². The Morgan fingerprint density at radius 1 is 1.06 bits per heavy atom. The van der Waals surface area contributed by atoms with Gasteiger partial charge in [-0.1, -0.05) is 24.3 Å². The van der Waals surface area contributed by atoms with Crippen molar-refractivity contribution in [3.8, 4) is 11.3 Å². The maximum atomic E-state index is 13.6. The first-order valence-corrected chi connectivity index (χ1v) is 11.8. The average molecular weight is 440 g/mol. The lowest BCUT2D eigenvalue weighted by Crippen LogP contribution is -2.10. The highest BCUT2D eigenvalue weighted by Gasteiger charge is 2.12. The topological polar surface area (TPSA) is 89.2 Å². The Labute approximate surface area is 179 Å². The van der Waals surface area contributed by atoms with Crippen LogP contribution in [0.4, 0.5) is 10.2 Å². The van der Waals surface area contributed by atoms with Gasteiger partial charge in [0.25, 0.3) is 0 Å². The van der Waals surface area contributed by atoms with Crippen molar-refractivity contribution in [2.45, 2.75) is 19.1 Å². The van der Waals surface area contributed by atoms with Crippen LogP contribution < -0.4 is 5.32 Å². The van der Waals surface area contributed by atoms with Gasteiger partial charge in [-0.15, -0.1) is 0 Å². The molecule has 3 heterocycles. The number of aryl methyl sites for hydroxylation is 1. The molecule has 1 aromatic carbocycles. The van der Waals surface area contributed by atoms with Crippen LogP contribution in [0.3, 0.4) is 0 Å². The maximum absolute atomic E-state index is 13.6. The lowest BCUT2D eigenvalue weighted by molar-refractivity contribution is 0.601. The Balaban J connectivity index is 1.53. The van der Waals surface area contributed by atoms with Crippen LogP contribution in [-0.4, -0.2) is 40.8 Å². The molecule has 0 aliphatic heterocycles. The van der Waals surface area contributed by atoms with Crippen LogP contribution in [0.25, 0.3) is 16.9 Å². The van der Waals surface area contributed by atoms with Gasteiger partial charge in [0.05, 0.1) is 23.8 Å². The van der Waals surface area contributed by atoms with E-state index in [9.17, 15) is 12.8 Å². The minimum absolute atomic E-state index is 0.0386. The number of nitrogens with one attached hydrogen (secondary N) is 1. The molecule has 0 saturated heterocycles. The molecule has 3 aromatic heterocycles. The molecule has 0 unspecified atom stereocenters. The monoisotopic (exact) mass is 439 g/mol. The fourth-order valence-electron chi connectivity index (χ4n) is 3.34. The number of sulfone groups is 1. The van der Waals surface area contributed by atoms with Crippen molar-refractivity contribution >= 4 is 21.3 Å². The van der Waals surface area contributed by atoms with Crippen molar-refractivity contribution in [2.24, 2.45) is 0 Å². The van der Waals surface area contributed by atoms with Crippen LogP contribution in [0.2, 0.25) is 0 Å². The Morgan fingerprint density at radius 2 is 1.81 bits per heavy atom. The second-order valence-corrected chi connectivity index (χ2v) is 9.68. The van der Waals surface area contributed by atoms with E-state index in [1.807, 2.05) is 37.3 Å². The smallest absolute Gasteiger partial charge is 0.160 e. The molecule has 0 bridgehead atoms. The summed E-state index contributed by atoms with van der Waals surface area (Å²) >= 11 is 0. The Hall–Kier alpha value is -3.33. The Kier molecular flexibility index (Phi) is 5.69. The van der Waals surface area contributed by atoms with Crippen LogP contribution in [-0.2, 0) is 22.0 Å². The average Bonchev–Trinajstić information content (AvgIpc) is 3.09. The highest BCUT2D eigenvalue weighted by molar-refractivity contribution is 7.89. The molecule has 160 valence electrons. The molecule has 0 saturated carbocycles. The van der Waals surface area contributed by atoms with Gasteiger partial charge in [-0.2, -0.15) is 9.61 Å². The lowest BCUT2D eigenvalue weighted by Gasteiger charge is -2.11. The number of rotatable bonds is 7. The fourth-order valence-corrected chi connectivity index (χ4v) is 4.14. The summed E-state index contributed by atoms with van der Waals surface area (Å²) in [5.74, 6) is 0.362. The van der Waals surface area contributed by atoms with Gasteiger partial charge in [-0.25, -0.2) is 17.8 Å². The maximum Gasteiger partial charge on any atom is 0.160 e. The van der Waals surface area contributed by atoms with Gasteiger partial charge in [0.15, 0.2) is 15.5 Å². The number of halogens is 1. The SMILES string of the molecule is Cc1cnn2c(NCCc3ccc(CS(C)(=O)=O)cc3)cc(-c3cncc(F)c3)nc12. The zero-order valence-electron chi connectivity index (χ0n) is 17.2. The number of hydrogen-bond acceptors (Lipinski definition) is 6. The van der Waals surface area contributed by atoms with E-state index in [1.54, 1.807) is 16.9 Å². The quantitative estimate of drug-likeness (QED) is 0.475. The standard InChI is InChI=1S/C22H22FN5O2S/c1-15-11-26-28-21(10-20(27-22(15)28)18-9-19(23)13-24-12-18)25-8-7-16-3-5-17(6-4-16)14-31(2,29)30/h3-6,9-13,25H,7-8,14H2,1-2H3. The van der Waals surface area contributed by atoms with E-state index in [0.29, 0.717) is 23.4 Å². The summed E-state index contributed by atoms with van der Waals surface area (Å²) in [6.45, 7) is 2.55. The summed E-state index contributed by atoms with van der Waals surface area (Å²) in [4.78, 5) is 8.53. The largest absolute Gasteiger partial charge is 0.370 e. The predicted octanol–water partition coefficient (Wildman–Crippen LogP) is 3.44. The Bertz CT molecular complexity index is 1330. The van der Waals surface area contributed by atoms with Crippen LogP contribution >= 0.6 is 0 Å². The molecule has 0 spiro atoms. The molecular weight excluding hydrogens is 417 g/mol. The third-order valence-corrected chi connectivity index (χ3v) is 5.68. The third-order valence-electron chi connectivity index (χ3n) is 4.82. The van der Waals surface area contributed by atoms with Crippen molar-refractivity contribution in [3.63, 3.8) is 0 Å². The summed E-state index contributed by atoms with van der Waals surface area (Å²) < 4.78 is 38.2. The van der Waals surface area contributed by atoms with Gasteiger partial charge in [0, 0.05) is 36.2 Å². The van der Waals surface area contributed by atoms with E-state index in [1.165, 1.54) is 12.3 Å². The van der Waals surface area contributed by atoms with Crippen LogP contribution in [0.1, 0.15) is 16.7 Å². The highest BCUT2D eigenvalue weighted by Crippen LogP contribution is 2.23. The first-order chi connectivity index (χ1) is 14.8. The normalized spacial score (nSPS) is 11.7. The summed E-state index contributed by atoms with van der Waals surface area (Å²) in [7, 11) is -3.05. The molecule has 4 rings (SSSR count). The fraction of sp³-hybridized carbons (Fsp3) is 0.227. The molecule has 31 heavy (non-hydrogen) atoms. The second-order valence-electron chi connectivity index (χ2n) is 7.54. The molecule has 1 N–H and O–H groups in total. The number of hydrogen-bond donors (Lipinski definition) is 1. The summed E-state index contributed by atoms with van der Waals surface area (Å²) in [6.07, 6.45) is 6.44. The van der Waals surface area contributed by atoms with Gasteiger partial charge < -0.3 is 5.32 Å². The van der Waals surface area contributed by atoms with Crippen LogP contribution in [0, 0.1) is 12.7 Å². The van der Waals surface area contributed by atoms with Gasteiger partial charge in [-0.05, 0) is 30.5 Å². The zero-order valence-corrected chi connectivity index (χ0v) is 18.0. The van der Waals surface area contributed by atoms with Crippen molar-refractivity contribution in [1.29, 1.82) is 0 Å². The first-order valence-electron chi connectivity index (χ1n) is 9.74. The molecule has 0 aliphatic carbocycles. The van der Waals surface area contributed by atoms with Crippen molar-refractivity contribution in [1.82, 2.24) is 19.6 Å². The summed E-state index contributed by atoms with van der Waals surface area (Å²) in [5, 5.41) is 7.76. The molecule has 7 nitrogen and oxygen atoms in total. The van der Waals surface area contributed by atoms with Gasteiger partial charge in [0.1, 0.15) is 11.6 Å². The molecule has 0 atom stereocenters. The zero-order chi connectivity index (χ0) is 22.0. The van der Waals surface area contributed by atoms with Gasteiger partial charge >= 0.3 is 0 Å². The molecular formula is C22H22FN5O2S. The van der Waals surface area contributed by atoms with E-state index in [2.05, 4.69) is 20.4 Å². The van der Waals surface area contributed by atoms with Crippen molar-refractivity contribution < 1.29 is 12.8 Å². The van der Waals surface area contributed by atoms with Crippen molar-refractivity contribution in [2.75, 3.05) is 18.1 Å². The van der Waals surface area contributed by atoms with Gasteiger partial charge in [0.2, 0.25) is 0 Å². The number of aromatic nitrogens is 4. The van der Waals surface area contributed by atoms with E-state index >= 15 is 0 Å². The Morgan fingerprint density at radius 3 is 2.52 bits per heavy atom. The van der Waals surface area contributed by atoms with E-state index in [-0.39, 0.29) is 5.75 Å². The minimum Gasteiger partial charge on any atom is -0.370 e. The second kappa shape index (κ2) is 8.43. The van der Waals surface area contributed by atoms with E-state index in [4.69, 9.17) is 0 Å². The number of anilines is 1. The molecule has 0 radical (unpaired) electrons. The molecule has 4 aromatic rings. The van der Waals surface area contributed by atoms with Gasteiger partial charge in [-0.3, -0.25) is 4.98 Å². The number of fused-ring (bicyclic) bond motifs is 1. The van der Waals surface area contributed by atoms with E-state index in [0.717, 1.165) is 35.1 Å². The third kappa shape index (κ3) is 5.05. The highest BCUT2D eigenvalue weighted by atomic mass is 32.2. The summed E-state index contributed by atoms with van der Waals surface area (Å²) in [5.41, 5.74) is 4.66. The number of benzene rings is 1. The molecule has 9 heteroatoms. The predicted molar refractivity (Wildman–Crippen MR) is 118 cm³/mol. The first kappa shape index (κ1) is 20.9.